The Morgan fingerprint density at radius 1 is 1.04 bits per heavy atom. The zero-order chi connectivity index (χ0) is 20.9. The van der Waals surface area contributed by atoms with Gasteiger partial charge in [-0.05, 0) is 40.8 Å². The van der Waals surface area contributed by atoms with Gasteiger partial charge < -0.3 is 0 Å². The maximum atomic E-state index is 12.9. The maximum absolute atomic E-state index is 12.9. The molecule has 7 heteroatoms. The van der Waals surface area contributed by atoms with Crippen LogP contribution in [-0.4, -0.2) is 9.13 Å². The van der Waals surface area contributed by atoms with Crippen molar-refractivity contribution < 1.29 is 13.2 Å². The molecule has 0 unspecified atom stereocenters. The van der Waals surface area contributed by atoms with Crippen LogP contribution in [0.15, 0.2) is 41.2 Å². The fraction of sp³-hybridized carbons (Fsp3) is 0.333. The van der Waals surface area contributed by atoms with Gasteiger partial charge in [-0.2, -0.15) is 18.4 Å². The number of fused-ring (bicyclic) bond motifs is 1. The van der Waals surface area contributed by atoms with Crippen molar-refractivity contribution >= 4 is 11.0 Å². The Morgan fingerprint density at radius 2 is 1.71 bits per heavy atom. The van der Waals surface area contributed by atoms with E-state index in [2.05, 4.69) is 0 Å². The quantitative estimate of drug-likeness (QED) is 0.625. The first-order valence-electron chi connectivity index (χ1n) is 8.73. The van der Waals surface area contributed by atoms with E-state index >= 15 is 0 Å². The number of halogens is 3. The molecule has 28 heavy (non-hydrogen) atoms. The van der Waals surface area contributed by atoms with Gasteiger partial charge in [0, 0.05) is 13.6 Å². The number of nitriles is 1. The minimum absolute atomic E-state index is 0.0618. The molecule has 0 saturated carbocycles. The van der Waals surface area contributed by atoms with Gasteiger partial charge in [-0.15, -0.1) is 0 Å². The van der Waals surface area contributed by atoms with E-state index in [-0.39, 0.29) is 16.7 Å². The van der Waals surface area contributed by atoms with Gasteiger partial charge in [0.1, 0.15) is 0 Å². The average Bonchev–Trinajstić information content (AvgIpc) is 2.83. The van der Waals surface area contributed by atoms with E-state index in [1.807, 2.05) is 26.8 Å². The molecule has 0 fully saturated rings. The van der Waals surface area contributed by atoms with Crippen LogP contribution in [0.2, 0.25) is 0 Å². The highest BCUT2D eigenvalue weighted by Gasteiger charge is 2.31. The molecule has 0 atom stereocenters. The van der Waals surface area contributed by atoms with Gasteiger partial charge in [0.05, 0.1) is 28.2 Å². The second kappa shape index (κ2) is 6.55. The first kappa shape index (κ1) is 19.7. The summed E-state index contributed by atoms with van der Waals surface area (Å²) in [6, 6.07) is 10.2. The van der Waals surface area contributed by atoms with Crippen LogP contribution in [0.3, 0.4) is 0 Å². The lowest BCUT2D eigenvalue weighted by molar-refractivity contribution is -0.137. The van der Waals surface area contributed by atoms with Gasteiger partial charge in [0.2, 0.25) is 0 Å². The third-order valence-electron chi connectivity index (χ3n) is 4.56. The summed E-state index contributed by atoms with van der Waals surface area (Å²) < 4.78 is 42.0. The summed E-state index contributed by atoms with van der Waals surface area (Å²) in [6.07, 6.45) is -4.51. The number of nitrogens with zero attached hydrogens (tertiary/aromatic N) is 3. The van der Waals surface area contributed by atoms with Crippen LogP contribution in [-0.2, 0) is 19.8 Å². The summed E-state index contributed by atoms with van der Waals surface area (Å²) in [5.41, 5.74) is 1.21. The monoisotopic (exact) mass is 387 g/mol. The van der Waals surface area contributed by atoms with E-state index in [0.717, 1.165) is 17.6 Å². The largest absolute Gasteiger partial charge is 0.416 e. The second-order valence-electron chi connectivity index (χ2n) is 8.06. The van der Waals surface area contributed by atoms with E-state index in [0.29, 0.717) is 23.2 Å². The number of hydrogen-bond acceptors (Lipinski definition) is 2. The van der Waals surface area contributed by atoms with Gasteiger partial charge in [-0.25, -0.2) is 4.79 Å². The third-order valence-corrected chi connectivity index (χ3v) is 4.56. The molecule has 146 valence electrons. The van der Waals surface area contributed by atoms with Crippen molar-refractivity contribution in [3.05, 3.63) is 58.0 Å². The molecule has 0 N–H and O–H groups in total. The SMILES string of the molecule is Cn1c(=O)n(CC(C)(C)C)c2ccc(-c3ccc(C(F)(F)F)cc3C#N)cc21. The molecule has 1 aromatic heterocycles. The van der Waals surface area contributed by atoms with Crippen molar-refractivity contribution in [2.45, 2.75) is 33.5 Å². The first-order chi connectivity index (χ1) is 12.9. The fourth-order valence-electron chi connectivity index (χ4n) is 3.27. The Labute approximate surface area is 160 Å². The van der Waals surface area contributed by atoms with Gasteiger partial charge in [0.25, 0.3) is 0 Å². The molecular formula is C21H20F3N3O. The molecule has 0 aliphatic carbocycles. The molecule has 0 saturated heterocycles. The van der Waals surface area contributed by atoms with Crippen molar-refractivity contribution in [2.75, 3.05) is 0 Å². The maximum Gasteiger partial charge on any atom is 0.416 e. The summed E-state index contributed by atoms with van der Waals surface area (Å²) in [5, 5.41) is 9.34. The Hall–Kier alpha value is -3.01. The van der Waals surface area contributed by atoms with Crippen LogP contribution in [0.1, 0.15) is 31.9 Å². The topological polar surface area (TPSA) is 50.7 Å². The fourth-order valence-corrected chi connectivity index (χ4v) is 3.27. The zero-order valence-corrected chi connectivity index (χ0v) is 16.1. The van der Waals surface area contributed by atoms with E-state index in [1.54, 1.807) is 29.8 Å². The van der Waals surface area contributed by atoms with Gasteiger partial charge in [-0.1, -0.05) is 32.9 Å². The normalized spacial score (nSPS) is 12.4. The molecule has 0 amide bonds. The molecule has 1 heterocycles. The van der Waals surface area contributed by atoms with Crippen molar-refractivity contribution in [2.24, 2.45) is 12.5 Å². The summed E-state index contributed by atoms with van der Waals surface area (Å²) in [4.78, 5) is 12.6. The summed E-state index contributed by atoms with van der Waals surface area (Å²) >= 11 is 0. The Bertz CT molecular complexity index is 1160. The molecule has 0 radical (unpaired) electrons. The molecule has 0 spiro atoms. The smallest absolute Gasteiger partial charge is 0.295 e. The van der Waals surface area contributed by atoms with Crippen LogP contribution in [0.25, 0.3) is 22.2 Å². The van der Waals surface area contributed by atoms with E-state index in [1.165, 1.54) is 10.6 Å². The summed E-state index contributed by atoms with van der Waals surface area (Å²) in [7, 11) is 1.66. The van der Waals surface area contributed by atoms with Crippen LogP contribution in [0.5, 0.6) is 0 Å². The van der Waals surface area contributed by atoms with Crippen molar-refractivity contribution in [1.29, 1.82) is 5.26 Å². The number of hydrogen-bond donors (Lipinski definition) is 0. The second-order valence-corrected chi connectivity index (χ2v) is 8.06. The zero-order valence-electron chi connectivity index (χ0n) is 16.1. The van der Waals surface area contributed by atoms with Gasteiger partial charge in [0.15, 0.2) is 0 Å². The van der Waals surface area contributed by atoms with Crippen LogP contribution in [0.4, 0.5) is 13.2 Å². The Kier molecular flexibility index (Phi) is 4.62. The highest BCUT2D eigenvalue weighted by molar-refractivity contribution is 5.84. The lowest BCUT2D eigenvalue weighted by atomic mass is 9.96. The molecule has 0 bridgehead atoms. The van der Waals surface area contributed by atoms with E-state index < -0.39 is 11.7 Å². The Balaban J connectivity index is 2.18. The molecule has 3 rings (SSSR count). The highest BCUT2D eigenvalue weighted by Crippen LogP contribution is 2.34. The molecule has 0 aliphatic heterocycles. The number of benzene rings is 2. The van der Waals surface area contributed by atoms with Crippen LogP contribution in [0, 0.1) is 16.7 Å². The number of aromatic nitrogens is 2. The molecule has 0 aliphatic rings. The number of aryl methyl sites for hydroxylation is 1. The third kappa shape index (κ3) is 3.55. The first-order valence-corrected chi connectivity index (χ1v) is 8.73. The highest BCUT2D eigenvalue weighted by atomic mass is 19.4. The molecular weight excluding hydrogens is 367 g/mol. The van der Waals surface area contributed by atoms with Crippen LogP contribution < -0.4 is 5.69 Å². The minimum Gasteiger partial charge on any atom is -0.295 e. The summed E-state index contributed by atoms with van der Waals surface area (Å²) in [5.74, 6) is 0. The molecule has 3 aromatic rings. The average molecular weight is 387 g/mol. The molecule has 2 aromatic carbocycles. The molecule has 4 nitrogen and oxygen atoms in total. The van der Waals surface area contributed by atoms with Crippen LogP contribution >= 0.6 is 0 Å². The van der Waals surface area contributed by atoms with E-state index in [9.17, 15) is 23.2 Å². The van der Waals surface area contributed by atoms with Gasteiger partial charge in [-0.3, -0.25) is 9.13 Å². The number of rotatable bonds is 2. The Morgan fingerprint density at radius 3 is 2.29 bits per heavy atom. The van der Waals surface area contributed by atoms with E-state index in [4.69, 9.17) is 0 Å². The van der Waals surface area contributed by atoms with Crippen molar-refractivity contribution in [1.82, 2.24) is 9.13 Å². The number of imidazole rings is 1. The number of alkyl halides is 3. The minimum atomic E-state index is -4.51. The predicted octanol–water partition coefficient (Wildman–Crippen LogP) is 4.94. The van der Waals surface area contributed by atoms with Crippen molar-refractivity contribution in [3.63, 3.8) is 0 Å². The lowest BCUT2D eigenvalue weighted by Crippen LogP contribution is -2.27. The standard InChI is InChI=1S/C21H20F3N3O/c1-20(2,3)12-27-17-8-5-13(10-18(17)26(4)19(27)28)16-7-6-15(21(22,23)24)9-14(16)11-25/h5-10H,12H2,1-4H3. The summed E-state index contributed by atoms with van der Waals surface area (Å²) in [6.45, 7) is 6.64. The van der Waals surface area contributed by atoms with Gasteiger partial charge >= 0.3 is 11.9 Å². The van der Waals surface area contributed by atoms with Crippen molar-refractivity contribution in [3.8, 4) is 17.2 Å². The predicted molar refractivity (Wildman–Crippen MR) is 102 cm³/mol. The lowest BCUT2D eigenvalue weighted by Gasteiger charge is -2.18.